The molecule has 98 valence electrons. The van der Waals surface area contributed by atoms with Gasteiger partial charge in [-0.3, -0.25) is 9.69 Å². The van der Waals surface area contributed by atoms with Crippen molar-refractivity contribution >= 4 is 11.9 Å². The third-order valence-electron chi connectivity index (χ3n) is 2.98. The Labute approximate surface area is 106 Å². The summed E-state index contributed by atoms with van der Waals surface area (Å²) in [5.41, 5.74) is 1.93. The second-order valence-corrected chi connectivity index (χ2v) is 4.61. The number of carbonyl (C=O) groups is 1. The number of aryl methyl sites for hydroxylation is 2. The van der Waals surface area contributed by atoms with Crippen molar-refractivity contribution in [2.75, 3.05) is 37.6 Å². The highest BCUT2D eigenvalue weighted by Gasteiger charge is 2.20. The second kappa shape index (κ2) is 5.30. The zero-order valence-corrected chi connectivity index (χ0v) is 10.8. The van der Waals surface area contributed by atoms with Crippen LogP contribution in [0.15, 0.2) is 6.07 Å². The van der Waals surface area contributed by atoms with E-state index in [-0.39, 0.29) is 6.54 Å². The zero-order chi connectivity index (χ0) is 13.1. The molecule has 1 saturated heterocycles. The summed E-state index contributed by atoms with van der Waals surface area (Å²) in [6.45, 7) is 7.05. The highest BCUT2D eigenvalue weighted by atomic mass is 16.4. The first-order chi connectivity index (χ1) is 8.54. The fourth-order valence-corrected chi connectivity index (χ4v) is 2.15. The maximum atomic E-state index is 10.6. The van der Waals surface area contributed by atoms with E-state index in [2.05, 4.69) is 14.9 Å². The van der Waals surface area contributed by atoms with E-state index in [1.54, 1.807) is 0 Å². The maximum Gasteiger partial charge on any atom is 0.317 e. The van der Waals surface area contributed by atoms with E-state index in [1.807, 2.05) is 24.8 Å². The summed E-state index contributed by atoms with van der Waals surface area (Å²) in [5.74, 6) is -0.0198. The van der Waals surface area contributed by atoms with Gasteiger partial charge in [0.15, 0.2) is 0 Å². The topological polar surface area (TPSA) is 69.6 Å². The normalized spacial score (nSPS) is 16.9. The van der Waals surface area contributed by atoms with Crippen molar-refractivity contribution in [3.05, 3.63) is 17.5 Å². The lowest BCUT2D eigenvalue weighted by Crippen LogP contribution is -2.48. The molecule has 1 fully saturated rings. The molecule has 0 atom stereocenters. The van der Waals surface area contributed by atoms with Crippen molar-refractivity contribution in [1.82, 2.24) is 14.9 Å². The van der Waals surface area contributed by atoms with Gasteiger partial charge in [0.05, 0.1) is 6.54 Å². The SMILES string of the molecule is Cc1cc(C)nc(N2CCN(CC(=O)O)CC2)n1. The third-order valence-corrected chi connectivity index (χ3v) is 2.98. The number of aromatic nitrogens is 2. The Kier molecular flexibility index (Phi) is 3.76. The lowest BCUT2D eigenvalue weighted by Gasteiger charge is -2.33. The molecule has 0 spiro atoms. The van der Waals surface area contributed by atoms with Crippen LogP contribution in [0, 0.1) is 13.8 Å². The van der Waals surface area contributed by atoms with Crippen LogP contribution in [-0.4, -0.2) is 58.7 Å². The number of carboxylic acid groups (broad SMARTS) is 1. The number of nitrogens with zero attached hydrogens (tertiary/aromatic N) is 4. The molecular formula is C12H18N4O2. The molecule has 1 aliphatic heterocycles. The van der Waals surface area contributed by atoms with Crippen molar-refractivity contribution in [3.63, 3.8) is 0 Å². The second-order valence-electron chi connectivity index (χ2n) is 4.61. The molecule has 0 amide bonds. The van der Waals surface area contributed by atoms with Gasteiger partial charge in [-0.15, -0.1) is 0 Å². The van der Waals surface area contributed by atoms with Crippen molar-refractivity contribution in [2.24, 2.45) is 0 Å². The first-order valence-corrected chi connectivity index (χ1v) is 6.06. The maximum absolute atomic E-state index is 10.6. The van der Waals surface area contributed by atoms with Crippen molar-refractivity contribution < 1.29 is 9.90 Å². The van der Waals surface area contributed by atoms with Crippen molar-refractivity contribution in [1.29, 1.82) is 0 Å². The van der Waals surface area contributed by atoms with Crippen LogP contribution in [0.4, 0.5) is 5.95 Å². The van der Waals surface area contributed by atoms with Crippen LogP contribution in [0.25, 0.3) is 0 Å². The highest BCUT2D eigenvalue weighted by Crippen LogP contribution is 2.12. The van der Waals surface area contributed by atoms with E-state index >= 15 is 0 Å². The van der Waals surface area contributed by atoms with Crippen LogP contribution in [0.5, 0.6) is 0 Å². The van der Waals surface area contributed by atoms with Gasteiger partial charge in [0.1, 0.15) is 0 Å². The molecule has 0 radical (unpaired) electrons. The molecule has 1 aliphatic rings. The molecule has 6 heteroatoms. The smallest absolute Gasteiger partial charge is 0.317 e. The number of piperazine rings is 1. The highest BCUT2D eigenvalue weighted by molar-refractivity contribution is 5.69. The Hall–Kier alpha value is -1.69. The van der Waals surface area contributed by atoms with E-state index < -0.39 is 5.97 Å². The molecule has 2 heterocycles. The Balaban J connectivity index is 1.98. The lowest BCUT2D eigenvalue weighted by atomic mass is 10.3. The van der Waals surface area contributed by atoms with Crippen LogP contribution >= 0.6 is 0 Å². The fraction of sp³-hybridized carbons (Fsp3) is 0.583. The van der Waals surface area contributed by atoms with Gasteiger partial charge < -0.3 is 10.0 Å². The van der Waals surface area contributed by atoms with Crippen molar-refractivity contribution in [2.45, 2.75) is 13.8 Å². The minimum atomic E-state index is -0.772. The van der Waals surface area contributed by atoms with Gasteiger partial charge in [-0.2, -0.15) is 0 Å². The molecule has 0 unspecified atom stereocenters. The minimum Gasteiger partial charge on any atom is -0.480 e. The summed E-state index contributed by atoms with van der Waals surface area (Å²) in [5, 5.41) is 8.74. The predicted molar refractivity (Wildman–Crippen MR) is 67.8 cm³/mol. The van der Waals surface area contributed by atoms with Gasteiger partial charge in [0.2, 0.25) is 5.95 Å². The largest absolute Gasteiger partial charge is 0.480 e. The molecule has 1 N–H and O–H groups in total. The standard InChI is InChI=1S/C12H18N4O2/c1-9-7-10(2)14-12(13-9)16-5-3-15(4-6-16)8-11(17)18/h7H,3-6,8H2,1-2H3,(H,17,18). The average Bonchev–Trinajstić information content (AvgIpc) is 2.27. The molecule has 18 heavy (non-hydrogen) atoms. The monoisotopic (exact) mass is 250 g/mol. The van der Waals surface area contributed by atoms with Crippen LogP contribution in [0.2, 0.25) is 0 Å². The van der Waals surface area contributed by atoms with Crippen LogP contribution in [0.1, 0.15) is 11.4 Å². The summed E-state index contributed by atoms with van der Waals surface area (Å²) in [4.78, 5) is 23.5. The zero-order valence-electron chi connectivity index (χ0n) is 10.8. The first-order valence-electron chi connectivity index (χ1n) is 6.06. The van der Waals surface area contributed by atoms with E-state index in [9.17, 15) is 4.79 Å². The van der Waals surface area contributed by atoms with Gasteiger partial charge in [-0.05, 0) is 19.9 Å². The summed E-state index contributed by atoms with van der Waals surface area (Å²) in [6, 6.07) is 1.95. The van der Waals surface area contributed by atoms with E-state index in [1.165, 1.54) is 0 Å². The number of aliphatic carboxylic acids is 1. The predicted octanol–water partition coefficient (Wildman–Crippen LogP) is 0.300. The number of rotatable bonds is 3. The summed E-state index contributed by atoms with van der Waals surface area (Å²) >= 11 is 0. The third kappa shape index (κ3) is 3.16. The summed E-state index contributed by atoms with van der Waals surface area (Å²) < 4.78 is 0. The van der Waals surface area contributed by atoms with Crippen LogP contribution < -0.4 is 4.90 Å². The molecule has 6 nitrogen and oxygen atoms in total. The molecular weight excluding hydrogens is 232 g/mol. The lowest BCUT2D eigenvalue weighted by molar-refractivity contribution is -0.138. The molecule has 1 aromatic heterocycles. The number of hydrogen-bond donors (Lipinski definition) is 1. The minimum absolute atomic E-state index is 0.113. The molecule has 0 aliphatic carbocycles. The molecule has 0 bridgehead atoms. The number of anilines is 1. The summed E-state index contributed by atoms with van der Waals surface area (Å²) in [7, 11) is 0. The molecule has 1 aromatic rings. The van der Waals surface area contributed by atoms with E-state index in [0.717, 1.165) is 43.5 Å². The van der Waals surface area contributed by atoms with Gasteiger partial charge in [0, 0.05) is 37.6 Å². The molecule has 2 rings (SSSR count). The van der Waals surface area contributed by atoms with Crippen LogP contribution in [0.3, 0.4) is 0 Å². The Morgan fingerprint density at radius 1 is 1.22 bits per heavy atom. The molecule has 0 aromatic carbocycles. The van der Waals surface area contributed by atoms with Gasteiger partial charge in [0.25, 0.3) is 0 Å². The fourth-order valence-electron chi connectivity index (χ4n) is 2.15. The van der Waals surface area contributed by atoms with E-state index in [0.29, 0.717) is 0 Å². The van der Waals surface area contributed by atoms with Gasteiger partial charge in [-0.1, -0.05) is 0 Å². The average molecular weight is 250 g/mol. The number of carboxylic acids is 1. The summed E-state index contributed by atoms with van der Waals surface area (Å²) in [6.07, 6.45) is 0. The molecule has 0 saturated carbocycles. The quantitative estimate of drug-likeness (QED) is 0.832. The van der Waals surface area contributed by atoms with Gasteiger partial charge in [-0.25, -0.2) is 9.97 Å². The first kappa shape index (κ1) is 12.8. The number of hydrogen-bond acceptors (Lipinski definition) is 5. The van der Waals surface area contributed by atoms with Crippen LogP contribution in [-0.2, 0) is 4.79 Å². The Morgan fingerprint density at radius 2 is 1.78 bits per heavy atom. The van der Waals surface area contributed by atoms with Crippen molar-refractivity contribution in [3.8, 4) is 0 Å². The Bertz CT molecular complexity index is 421. The Morgan fingerprint density at radius 3 is 2.28 bits per heavy atom. The van der Waals surface area contributed by atoms with E-state index in [4.69, 9.17) is 5.11 Å². The van der Waals surface area contributed by atoms with Gasteiger partial charge >= 0.3 is 5.97 Å².